The molecule has 0 unspecified atom stereocenters. The molecule has 0 aliphatic carbocycles. The summed E-state index contributed by atoms with van der Waals surface area (Å²) in [5.74, 6) is 1.62. The molecule has 0 spiro atoms. The highest BCUT2D eigenvalue weighted by Gasteiger charge is 2.09. The topological polar surface area (TPSA) is 66.8 Å². The van der Waals surface area contributed by atoms with Gasteiger partial charge < -0.3 is 19.6 Å². The number of aliphatic imine (C=N–C) groups is 1. The molecule has 1 heterocycles. The van der Waals surface area contributed by atoms with E-state index in [-0.39, 0.29) is 12.0 Å². The van der Waals surface area contributed by atoms with Gasteiger partial charge in [-0.2, -0.15) is 0 Å². The molecule has 0 fully saturated rings. The fraction of sp³-hybridized carbons (Fsp3) is 0.211. The van der Waals surface area contributed by atoms with Gasteiger partial charge in [-0.3, -0.25) is 4.99 Å². The monoisotopic (exact) mass is 324 g/mol. The van der Waals surface area contributed by atoms with Gasteiger partial charge in [-0.05, 0) is 56.3 Å². The van der Waals surface area contributed by atoms with Gasteiger partial charge >= 0.3 is 0 Å². The molecule has 124 valence electrons. The van der Waals surface area contributed by atoms with Gasteiger partial charge in [-0.1, -0.05) is 0 Å². The van der Waals surface area contributed by atoms with E-state index in [1.165, 1.54) is 0 Å². The number of aromatic amines is 1. The average Bonchev–Trinajstić information content (AvgIpc) is 2.88. The van der Waals surface area contributed by atoms with Crippen molar-refractivity contribution in [3.63, 3.8) is 0 Å². The van der Waals surface area contributed by atoms with Gasteiger partial charge in [0.15, 0.2) is 5.88 Å². The van der Waals surface area contributed by atoms with E-state index in [1.54, 1.807) is 13.3 Å². The summed E-state index contributed by atoms with van der Waals surface area (Å²) >= 11 is 0. The Balaban J connectivity index is 1.88. The normalized spacial score (nSPS) is 11.5. The Morgan fingerprint density at radius 3 is 2.46 bits per heavy atom. The molecule has 0 radical (unpaired) electrons. The zero-order chi connectivity index (χ0) is 17.1. The van der Waals surface area contributed by atoms with Crippen LogP contribution in [0.25, 0.3) is 10.9 Å². The van der Waals surface area contributed by atoms with E-state index in [4.69, 9.17) is 9.47 Å². The summed E-state index contributed by atoms with van der Waals surface area (Å²) in [7, 11) is 1.61. The van der Waals surface area contributed by atoms with Crippen molar-refractivity contribution in [3.05, 3.63) is 48.0 Å². The van der Waals surface area contributed by atoms with Crippen LogP contribution < -0.4 is 9.47 Å². The third kappa shape index (κ3) is 3.35. The van der Waals surface area contributed by atoms with E-state index in [9.17, 15) is 5.11 Å². The molecular formula is C19H20N2O3. The van der Waals surface area contributed by atoms with Crippen molar-refractivity contribution in [1.29, 1.82) is 0 Å². The van der Waals surface area contributed by atoms with Crippen molar-refractivity contribution < 1.29 is 14.6 Å². The van der Waals surface area contributed by atoms with Crippen molar-refractivity contribution >= 4 is 22.8 Å². The van der Waals surface area contributed by atoms with E-state index in [0.717, 1.165) is 28.1 Å². The molecule has 0 saturated carbocycles. The van der Waals surface area contributed by atoms with Crippen LogP contribution in [0, 0.1) is 0 Å². The Bertz CT molecular complexity index is 864. The first-order chi connectivity index (χ1) is 11.6. The summed E-state index contributed by atoms with van der Waals surface area (Å²) in [6.07, 6.45) is 1.78. The van der Waals surface area contributed by atoms with Crippen LogP contribution in [-0.4, -0.2) is 29.5 Å². The summed E-state index contributed by atoms with van der Waals surface area (Å²) in [5.41, 5.74) is 2.24. The van der Waals surface area contributed by atoms with Crippen molar-refractivity contribution in [2.24, 2.45) is 4.99 Å². The maximum Gasteiger partial charge on any atom is 0.198 e. The molecule has 0 aliphatic rings. The summed E-state index contributed by atoms with van der Waals surface area (Å²) in [5, 5.41) is 11.0. The Kier molecular flexibility index (Phi) is 4.42. The number of benzene rings is 2. The van der Waals surface area contributed by atoms with Crippen molar-refractivity contribution in [2.45, 2.75) is 20.0 Å². The number of aromatic nitrogens is 1. The third-order valence-corrected chi connectivity index (χ3v) is 3.58. The van der Waals surface area contributed by atoms with E-state index in [0.29, 0.717) is 5.56 Å². The highest BCUT2D eigenvalue weighted by molar-refractivity contribution is 6.03. The molecule has 0 amide bonds. The first kappa shape index (κ1) is 15.9. The summed E-state index contributed by atoms with van der Waals surface area (Å²) in [4.78, 5) is 7.37. The van der Waals surface area contributed by atoms with Crippen molar-refractivity contribution in [3.8, 4) is 17.4 Å². The molecule has 0 aliphatic heterocycles. The van der Waals surface area contributed by atoms with Crippen LogP contribution in [0.4, 0.5) is 5.69 Å². The first-order valence-electron chi connectivity index (χ1n) is 7.76. The Labute approximate surface area is 140 Å². The number of ether oxygens (including phenoxy) is 2. The predicted octanol–water partition coefficient (Wildman–Crippen LogP) is 4.42. The standard InChI is InChI=1S/C19H20N2O3/c1-12(2)24-14-6-4-13(5-7-14)20-11-17-16-10-15(23-3)8-9-18(16)21-19(17)22/h4-12,21-22H,1-3H3. The smallest absolute Gasteiger partial charge is 0.198 e. The van der Waals surface area contributed by atoms with Crippen molar-refractivity contribution in [2.75, 3.05) is 7.11 Å². The third-order valence-electron chi connectivity index (χ3n) is 3.58. The number of nitrogens with zero attached hydrogens (tertiary/aromatic N) is 1. The molecule has 0 atom stereocenters. The minimum Gasteiger partial charge on any atom is -0.497 e. The number of hydrogen-bond donors (Lipinski definition) is 2. The van der Waals surface area contributed by atoms with Gasteiger partial charge in [0.1, 0.15) is 11.5 Å². The molecule has 5 nitrogen and oxygen atoms in total. The molecule has 5 heteroatoms. The van der Waals surface area contributed by atoms with Crippen LogP contribution in [-0.2, 0) is 0 Å². The number of nitrogens with one attached hydrogen (secondary N) is 1. The van der Waals surface area contributed by atoms with E-state index < -0.39 is 0 Å². The number of aromatic hydroxyl groups is 1. The lowest BCUT2D eigenvalue weighted by Crippen LogP contribution is -2.04. The number of hydrogen-bond acceptors (Lipinski definition) is 4. The van der Waals surface area contributed by atoms with Crippen LogP contribution in [0.15, 0.2) is 47.5 Å². The fourth-order valence-corrected chi connectivity index (χ4v) is 2.46. The maximum absolute atomic E-state index is 10.1. The quantitative estimate of drug-likeness (QED) is 0.683. The van der Waals surface area contributed by atoms with Gasteiger partial charge in [-0.15, -0.1) is 0 Å². The summed E-state index contributed by atoms with van der Waals surface area (Å²) in [6.45, 7) is 3.97. The zero-order valence-corrected chi connectivity index (χ0v) is 13.9. The van der Waals surface area contributed by atoms with Gasteiger partial charge in [0.05, 0.1) is 24.5 Å². The molecule has 0 saturated heterocycles. The minimum atomic E-state index is 0.0850. The number of methoxy groups -OCH3 is 1. The zero-order valence-electron chi connectivity index (χ0n) is 13.9. The van der Waals surface area contributed by atoms with Crippen LogP contribution in [0.5, 0.6) is 17.4 Å². The Morgan fingerprint density at radius 2 is 1.79 bits per heavy atom. The molecule has 3 aromatic rings. The second-order valence-corrected chi connectivity index (χ2v) is 5.72. The molecular weight excluding hydrogens is 304 g/mol. The van der Waals surface area contributed by atoms with Gasteiger partial charge in [0.25, 0.3) is 0 Å². The largest absolute Gasteiger partial charge is 0.497 e. The second-order valence-electron chi connectivity index (χ2n) is 5.72. The lowest BCUT2D eigenvalue weighted by Gasteiger charge is -2.08. The maximum atomic E-state index is 10.1. The summed E-state index contributed by atoms with van der Waals surface area (Å²) in [6, 6.07) is 13.1. The van der Waals surface area contributed by atoms with Gasteiger partial charge in [0, 0.05) is 17.1 Å². The fourth-order valence-electron chi connectivity index (χ4n) is 2.46. The van der Waals surface area contributed by atoms with Crippen LogP contribution in [0.3, 0.4) is 0 Å². The molecule has 2 N–H and O–H groups in total. The first-order valence-corrected chi connectivity index (χ1v) is 7.76. The van der Waals surface area contributed by atoms with Gasteiger partial charge in [-0.25, -0.2) is 0 Å². The summed E-state index contributed by atoms with van der Waals surface area (Å²) < 4.78 is 10.9. The molecule has 24 heavy (non-hydrogen) atoms. The molecule has 2 aromatic carbocycles. The molecule has 1 aromatic heterocycles. The van der Waals surface area contributed by atoms with Crippen molar-refractivity contribution in [1.82, 2.24) is 4.98 Å². The lowest BCUT2D eigenvalue weighted by atomic mass is 10.1. The Hall–Kier alpha value is -2.95. The number of H-pyrrole nitrogens is 1. The average molecular weight is 324 g/mol. The Morgan fingerprint density at radius 1 is 1.08 bits per heavy atom. The number of rotatable bonds is 5. The second kappa shape index (κ2) is 6.66. The minimum absolute atomic E-state index is 0.0850. The SMILES string of the molecule is COc1ccc2[nH]c(O)c(C=Nc3ccc(OC(C)C)cc3)c2c1. The van der Waals surface area contributed by atoms with Gasteiger partial charge in [0.2, 0.25) is 0 Å². The van der Waals surface area contributed by atoms with E-state index in [2.05, 4.69) is 9.98 Å². The lowest BCUT2D eigenvalue weighted by molar-refractivity contribution is 0.242. The molecule has 0 bridgehead atoms. The van der Waals surface area contributed by atoms with E-state index in [1.807, 2.05) is 56.3 Å². The predicted molar refractivity (Wildman–Crippen MR) is 96.0 cm³/mol. The van der Waals surface area contributed by atoms with Crippen LogP contribution in [0.2, 0.25) is 0 Å². The molecule has 3 rings (SSSR count). The van der Waals surface area contributed by atoms with Crippen LogP contribution >= 0.6 is 0 Å². The highest BCUT2D eigenvalue weighted by atomic mass is 16.5. The highest BCUT2D eigenvalue weighted by Crippen LogP contribution is 2.29. The van der Waals surface area contributed by atoms with Crippen LogP contribution in [0.1, 0.15) is 19.4 Å². The number of fused-ring (bicyclic) bond motifs is 1. The van der Waals surface area contributed by atoms with E-state index >= 15 is 0 Å².